The second-order valence-electron chi connectivity index (χ2n) is 7.28. The lowest BCUT2D eigenvalue weighted by atomic mass is 10.1. The van der Waals surface area contributed by atoms with E-state index in [1.807, 2.05) is 0 Å². The molecule has 138 valence electrons. The summed E-state index contributed by atoms with van der Waals surface area (Å²) in [6, 6.07) is 11.7. The van der Waals surface area contributed by atoms with Gasteiger partial charge in [0.2, 0.25) is 0 Å². The van der Waals surface area contributed by atoms with Crippen LogP contribution in [0.1, 0.15) is 25.8 Å². The lowest BCUT2D eigenvalue weighted by Crippen LogP contribution is -2.62. The van der Waals surface area contributed by atoms with E-state index in [1.54, 1.807) is 0 Å². The number of fused-ring (bicyclic) bond motifs is 3. The molecular formula is C20H33N5. The maximum atomic E-state index is 4.88. The molecule has 3 heterocycles. The Bertz CT molecular complexity index is 536. The minimum Gasteiger partial charge on any atom is -0.357 e. The second kappa shape index (κ2) is 9.20. The first-order chi connectivity index (χ1) is 12.2. The summed E-state index contributed by atoms with van der Waals surface area (Å²) in [7, 11) is 0. The van der Waals surface area contributed by atoms with Crippen LogP contribution < -0.4 is 10.6 Å². The number of hydrogen-bond donors (Lipinski definition) is 2. The Morgan fingerprint density at radius 3 is 2.60 bits per heavy atom. The van der Waals surface area contributed by atoms with Crippen molar-refractivity contribution in [2.24, 2.45) is 4.99 Å². The standard InChI is InChI=1S/C20H33N5/c1-3-21-20(22-15-19-16-24-11-13-25(19)14-12-24)23-17(2)9-10-18-7-5-4-6-8-18/h4-8,17,19H,3,9-16H2,1-2H3,(H2,21,22,23). The number of aryl methyl sites for hydroxylation is 1. The molecule has 2 unspecified atom stereocenters. The maximum absolute atomic E-state index is 4.88. The van der Waals surface area contributed by atoms with Gasteiger partial charge in [0.25, 0.3) is 0 Å². The van der Waals surface area contributed by atoms with Gasteiger partial charge in [0, 0.05) is 51.4 Å². The zero-order valence-electron chi connectivity index (χ0n) is 15.7. The molecule has 3 aliphatic rings. The van der Waals surface area contributed by atoms with Crippen LogP contribution in [0.15, 0.2) is 35.3 Å². The van der Waals surface area contributed by atoms with Crippen molar-refractivity contribution in [1.82, 2.24) is 20.4 Å². The molecule has 0 aromatic heterocycles. The van der Waals surface area contributed by atoms with Crippen LogP contribution in [0, 0.1) is 0 Å². The van der Waals surface area contributed by atoms with Crippen molar-refractivity contribution in [3.05, 3.63) is 35.9 Å². The highest BCUT2D eigenvalue weighted by atomic mass is 15.3. The maximum Gasteiger partial charge on any atom is 0.191 e. The normalized spacial score (nSPS) is 27.1. The van der Waals surface area contributed by atoms with Gasteiger partial charge in [-0.25, -0.2) is 0 Å². The van der Waals surface area contributed by atoms with Crippen molar-refractivity contribution in [2.45, 2.75) is 38.8 Å². The molecule has 4 rings (SSSR count). The number of nitrogens with zero attached hydrogens (tertiary/aromatic N) is 3. The van der Waals surface area contributed by atoms with Gasteiger partial charge in [-0.2, -0.15) is 0 Å². The zero-order chi connectivity index (χ0) is 17.5. The highest BCUT2D eigenvalue weighted by molar-refractivity contribution is 5.80. The summed E-state index contributed by atoms with van der Waals surface area (Å²) in [5, 5.41) is 6.98. The minimum atomic E-state index is 0.407. The van der Waals surface area contributed by atoms with Gasteiger partial charge in [-0.15, -0.1) is 0 Å². The van der Waals surface area contributed by atoms with Crippen LogP contribution in [0.25, 0.3) is 0 Å². The number of benzene rings is 1. The molecule has 5 nitrogen and oxygen atoms in total. The Morgan fingerprint density at radius 2 is 1.96 bits per heavy atom. The minimum absolute atomic E-state index is 0.407. The third kappa shape index (κ3) is 5.44. The summed E-state index contributed by atoms with van der Waals surface area (Å²) < 4.78 is 0. The van der Waals surface area contributed by atoms with Gasteiger partial charge >= 0.3 is 0 Å². The molecule has 3 saturated heterocycles. The number of nitrogens with one attached hydrogen (secondary N) is 2. The second-order valence-corrected chi connectivity index (χ2v) is 7.28. The zero-order valence-corrected chi connectivity index (χ0v) is 15.7. The summed E-state index contributed by atoms with van der Waals surface area (Å²) in [5.41, 5.74) is 1.40. The number of aliphatic imine (C=N–C) groups is 1. The van der Waals surface area contributed by atoms with Gasteiger partial charge in [-0.1, -0.05) is 30.3 Å². The van der Waals surface area contributed by atoms with Crippen LogP contribution in [-0.4, -0.2) is 73.7 Å². The van der Waals surface area contributed by atoms with E-state index in [4.69, 9.17) is 4.99 Å². The third-order valence-corrected chi connectivity index (χ3v) is 5.29. The van der Waals surface area contributed by atoms with Crippen molar-refractivity contribution in [1.29, 1.82) is 0 Å². The monoisotopic (exact) mass is 343 g/mol. The Kier molecular flexibility index (Phi) is 6.70. The number of piperazine rings is 3. The Morgan fingerprint density at radius 1 is 1.20 bits per heavy atom. The number of rotatable bonds is 7. The fourth-order valence-corrected chi connectivity index (χ4v) is 3.75. The molecule has 0 aliphatic carbocycles. The third-order valence-electron chi connectivity index (χ3n) is 5.29. The van der Waals surface area contributed by atoms with Crippen molar-refractivity contribution in [3.8, 4) is 0 Å². The molecule has 1 aromatic carbocycles. The molecule has 2 bridgehead atoms. The van der Waals surface area contributed by atoms with E-state index in [0.29, 0.717) is 12.1 Å². The van der Waals surface area contributed by atoms with Crippen LogP contribution in [0.2, 0.25) is 0 Å². The van der Waals surface area contributed by atoms with E-state index in [9.17, 15) is 0 Å². The van der Waals surface area contributed by atoms with Crippen LogP contribution >= 0.6 is 0 Å². The largest absolute Gasteiger partial charge is 0.357 e. The first kappa shape index (κ1) is 18.2. The summed E-state index contributed by atoms with van der Waals surface area (Å²) in [6.07, 6.45) is 2.21. The van der Waals surface area contributed by atoms with E-state index >= 15 is 0 Å². The van der Waals surface area contributed by atoms with Gasteiger partial charge in [0.15, 0.2) is 5.96 Å². The van der Waals surface area contributed by atoms with Gasteiger partial charge in [0.1, 0.15) is 0 Å². The van der Waals surface area contributed by atoms with Crippen LogP contribution in [-0.2, 0) is 6.42 Å². The Balaban J connectivity index is 1.48. The molecule has 5 heteroatoms. The first-order valence-corrected chi connectivity index (χ1v) is 9.79. The quantitative estimate of drug-likeness (QED) is 0.582. The predicted molar refractivity (Wildman–Crippen MR) is 105 cm³/mol. The van der Waals surface area contributed by atoms with Gasteiger partial charge in [-0.05, 0) is 32.3 Å². The van der Waals surface area contributed by atoms with E-state index in [-0.39, 0.29) is 0 Å². The summed E-state index contributed by atoms with van der Waals surface area (Å²) >= 11 is 0. The molecule has 3 aliphatic heterocycles. The Hall–Kier alpha value is -1.59. The highest BCUT2D eigenvalue weighted by Crippen LogP contribution is 2.15. The molecule has 0 spiro atoms. The molecule has 2 N–H and O–H groups in total. The molecule has 2 atom stereocenters. The molecule has 0 radical (unpaired) electrons. The molecule has 0 saturated carbocycles. The van der Waals surface area contributed by atoms with Crippen LogP contribution in [0.4, 0.5) is 0 Å². The van der Waals surface area contributed by atoms with Crippen molar-refractivity contribution < 1.29 is 0 Å². The lowest BCUT2D eigenvalue weighted by Gasteiger charge is -2.47. The molecular weight excluding hydrogens is 310 g/mol. The van der Waals surface area contributed by atoms with E-state index in [0.717, 1.165) is 31.9 Å². The van der Waals surface area contributed by atoms with Crippen molar-refractivity contribution in [3.63, 3.8) is 0 Å². The highest BCUT2D eigenvalue weighted by Gasteiger charge is 2.31. The lowest BCUT2D eigenvalue weighted by molar-refractivity contribution is 0.0174. The fourth-order valence-electron chi connectivity index (χ4n) is 3.75. The first-order valence-electron chi connectivity index (χ1n) is 9.79. The smallest absolute Gasteiger partial charge is 0.191 e. The van der Waals surface area contributed by atoms with Gasteiger partial charge < -0.3 is 10.6 Å². The fraction of sp³-hybridized carbons (Fsp3) is 0.650. The number of hydrogen-bond acceptors (Lipinski definition) is 3. The number of guanidine groups is 1. The van der Waals surface area contributed by atoms with Gasteiger partial charge in [0.05, 0.1) is 6.54 Å². The van der Waals surface area contributed by atoms with Crippen LogP contribution in [0.5, 0.6) is 0 Å². The van der Waals surface area contributed by atoms with E-state index in [2.05, 4.69) is 64.6 Å². The van der Waals surface area contributed by atoms with Crippen molar-refractivity contribution in [2.75, 3.05) is 45.8 Å². The molecule has 0 amide bonds. The van der Waals surface area contributed by atoms with E-state index in [1.165, 1.54) is 38.3 Å². The molecule has 1 aromatic rings. The van der Waals surface area contributed by atoms with Gasteiger partial charge in [-0.3, -0.25) is 14.8 Å². The Labute approximate surface area is 152 Å². The topological polar surface area (TPSA) is 42.9 Å². The summed E-state index contributed by atoms with van der Waals surface area (Å²) in [5.74, 6) is 0.959. The average Bonchev–Trinajstić information content (AvgIpc) is 2.66. The summed E-state index contributed by atoms with van der Waals surface area (Å²) in [4.78, 5) is 10.1. The van der Waals surface area contributed by atoms with E-state index < -0.39 is 0 Å². The average molecular weight is 344 g/mol. The summed E-state index contributed by atoms with van der Waals surface area (Å²) in [6.45, 7) is 12.2. The molecule has 25 heavy (non-hydrogen) atoms. The van der Waals surface area contributed by atoms with Crippen molar-refractivity contribution >= 4 is 5.96 Å². The SMILES string of the molecule is CCNC(=NCC1CN2CCN1CC2)NC(C)CCc1ccccc1. The molecule has 3 fully saturated rings. The predicted octanol–water partition coefficient (Wildman–Crippen LogP) is 1.56. The van der Waals surface area contributed by atoms with Crippen LogP contribution in [0.3, 0.4) is 0 Å².